The summed E-state index contributed by atoms with van der Waals surface area (Å²) in [6.45, 7) is 5.30. The van der Waals surface area contributed by atoms with Crippen LogP contribution in [-0.2, 0) is 15.2 Å². The Kier molecular flexibility index (Phi) is 9.50. The molecule has 206 valence electrons. The molecule has 1 heterocycles. The standard InChI is InChI=1S/C31H42ClN3O3/c1-21-8-4-9-23(18-21)29-27(11-5-12-28(29)32)31(38,15-7-16-34-22(2)36)25-10-6-17-35(20-25)30(37)24-13-14-26(19-24)33-3/h4-5,8-9,11-12,18,24-26,33,38H,6-7,10,13-17,19-20H2,1-3H3,(H,34,36). The summed E-state index contributed by atoms with van der Waals surface area (Å²) < 4.78 is 0. The van der Waals surface area contributed by atoms with Crippen molar-refractivity contribution in [3.05, 3.63) is 58.6 Å². The Morgan fingerprint density at radius 3 is 2.66 bits per heavy atom. The number of amides is 2. The summed E-state index contributed by atoms with van der Waals surface area (Å²) in [6.07, 6.45) is 5.58. The summed E-state index contributed by atoms with van der Waals surface area (Å²) in [6, 6.07) is 14.3. The van der Waals surface area contributed by atoms with Crippen molar-refractivity contribution in [2.24, 2.45) is 11.8 Å². The Morgan fingerprint density at radius 2 is 1.95 bits per heavy atom. The minimum Gasteiger partial charge on any atom is -0.385 e. The van der Waals surface area contributed by atoms with Gasteiger partial charge in [-0.2, -0.15) is 0 Å². The van der Waals surface area contributed by atoms with Crippen LogP contribution in [0.5, 0.6) is 0 Å². The number of carbonyl (C=O) groups excluding carboxylic acids is 2. The van der Waals surface area contributed by atoms with Crippen molar-refractivity contribution in [3.63, 3.8) is 0 Å². The molecule has 1 aliphatic heterocycles. The molecule has 4 rings (SSSR count). The van der Waals surface area contributed by atoms with Crippen LogP contribution >= 0.6 is 11.6 Å². The van der Waals surface area contributed by atoms with Crippen LogP contribution in [0.25, 0.3) is 11.1 Å². The summed E-state index contributed by atoms with van der Waals surface area (Å²) in [5.74, 6) is 0.0507. The molecule has 38 heavy (non-hydrogen) atoms. The molecule has 4 unspecified atom stereocenters. The topological polar surface area (TPSA) is 81.7 Å². The third-order valence-electron chi connectivity index (χ3n) is 8.49. The second-order valence-electron chi connectivity index (χ2n) is 11.2. The second kappa shape index (κ2) is 12.6. The quantitative estimate of drug-likeness (QED) is 0.390. The van der Waals surface area contributed by atoms with Gasteiger partial charge in [-0.15, -0.1) is 0 Å². The average molecular weight is 540 g/mol. The third-order valence-corrected chi connectivity index (χ3v) is 8.81. The van der Waals surface area contributed by atoms with Gasteiger partial charge in [0.1, 0.15) is 0 Å². The smallest absolute Gasteiger partial charge is 0.225 e. The fraction of sp³-hybridized carbons (Fsp3) is 0.548. The number of piperidine rings is 1. The number of aliphatic hydroxyl groups is 1. The van der Waals surface area contributed by atoms with Crippen molar-refractivity contribution < 1.29 is 14.7 Å². The summed E-state index contributed by atoms with van der Waals surface area (Å²) in [5, 5.41) is 19.4. The monoisotopic (exact) mass is 539 g/mol. The van der Waals surface area contributed by atoms with E-state index in [0.29, 0.717) is 37.0 Å². The van der Waals surface area contributed by atoms with E-state index in [-0.39, 0.29) is 23.7 Å². The molecular weight excluding hydrogens is 498 g/mol. The van der Waals surface area contributed by atoms with Gasteiger partial charge in [0.05, 0.1) is 5.60 Å². The lowest BCUT2D eigenvalue weighted by atomic mass is 9.72. The molecule has 2 fully saturated rings. The normalized spacial score (nSPS) is 23.2. The first kappa shape index (κ1) is 28.6. The minimum absolute atomic E-state index is 0.0492. The van der Waals surface area contributed by atoms with Gasteiger partial charge in [-0.25, -0.2) is 0 Å². The van der Waals surface area contributed by atoms with Gasteiger partial charge in [-0.3, -0.25) is 9.59 Å². The van der Waals surface area contributed by atoms with Crippen molar-refractivity contribution >= 4 is 23.4 Å². The Morgan fingerprint density at radius 1 is 1.16 bits per heavy atom. The first-order chi connectivity index (χ1) is 18.2. The third kappa shape index (κ3) is 6.41. The summed E-state index contributed by atoms with van der Waals surface area (Å²) >= 11 is 6.82. The van der Waals surface area contributed by atoms with E-state index in [1.807, 2.05) is 55.3 Å². The SMILES string of the molecule is CNC1CCC(C(=O)N2CCCC(C(O)(CCCNC(C)=O)c3cccc(Cl)c3-c3cccc(C)c3)C2)C1. The van der Waals surface area contributed by atoms with E-state index in [1.54, 1.807) is 0 Å². The first-order valence-corrected chi connectivity index (χ1v) is 14.4. The van der Waals surface area contributed by atoms with E-state index in [0.717, 1.165) is 60.9 Å². The predicted molar refractivity (Wildman–Crippen MR) is 153 cm³/mol. The number of aryl methyl sites for hydroxylation is 1. The molecule has 6 nitrogen and oxygen atoms in total. The van der Waals surface area contributed by atoms with Gasteiger partial charge in [0, 0.05) is 55.0 Å². The summed E-state index contributed by atoms with van der Waals surface area (Å²) in [4.78, 5) is 27.0. The molecule has 1 saturated heterocycles. The molecule has 2 aliphatic rings. The van der Waals surface area contributed by atoms with Gasteiger partial charge < -0.3 is 20.6 Å². The van der Waals surface area contributed by atoms with Crippen LogP contribution in [0.4, 0.5) is 0 Å². The molecule has 2 amide bonds. The van der Waals surface area contributed by atoms with Crippen molar-refractivity contribution in [3.8, 4) is 11.1 Å². The number of carbonyl (C=O) groups is 2. The molecule has 0 spiro atoms. The van der Waals surface area contributed by atoms with E-state index in [4.69, 9.17) is 11.6 Å². The molecule has 4 atom stereocenters. The van der Waals surface area contributed by atoms with E-state index in [1.165, 1.54) is 6.92 Å². The highest BCUT2D eigenvalue weighted by atomic mass is 35.5. The lowest BCUT2D eigenvalue weighted by molar-refractivity contribution is -0.141. The Balaban J connectivity index is 1.67. The maximum atomic E-state index is 13.5. The molecule has 2 aromatic rings. The molecule has 0 bridgehead atoms. The summed E-state index contributed by atoms with van der Waals surface area (Å²) in [7, 11) is 1.96. The van der Waals surface area contributed by atoms with Crippen LogP contribution in [-0.4, -0.2) is 54.5 Å². The van der Waals surface area contributed by atoms with Crippen molar-refractivity contribution in [1.29, 1.82) is 0 Å². The zero-order chi connectivity index (χ0) is 27.3. The lowest BCUT2D eigenvalue weighted by Crippen LogP contribution is -2.49. The number of nitrogens with zero attached hydrogens (tertiary/aromatic N) is 1. The molecule has 0 aromatic heterocycles. The van der Waals surface area contributed by atoms with E-state index >= 15 is 0 Å². The van der Waals surface area contributed by atoms with Gasteiger partial charge in [-0.05, 0) is 76.1 Å². The number of hydrogen-bond donors (Lipinski definition) is 3. The Bertz CT molecular complexity index is 1140. The average Bonchev–Trinajstić information content (AvgIpc) is 3.40. The fourth-order valence-corrected chi connectivity index (χ4v) is 6.74. The lowest BCUT2D eigenvalue weighted by Gasteiger charge is -2.44. The first-order valence-electron chi connectivity index (χ1n) is 14.0. The number of hydrogen-bond acceptors (Lipinski definition) is 4. The zero-order valence-corrected chi connectivity index (χ0v) is 23.7. The second-order valence-corrected chi connectivity index (χ2v) is 11.6. The minimum atomic E-state index is -1.20. The number of rotatable bonds is 9. The van der Waals surface area contributed by atoms with Gasteiger partial charge in [-0.1, -0.05) is 53.6 Å². The number of halogens is 1. The van der Waals surface area contributed by atoms with Crippen LogP contribution in [0.15, 0.2) is 42.5 Å². The molecule has 1 aliphatic carbocycles. The van der Waals surface area contributed by atoms with Crippen LogP contribution < -0.4 is 10.6 Å². The Hall–Kier alpha value is -2.41. The predicted octanol–water partition coefficient (Wildman–Crippen LogP) is 5.05. The molecular formula is C31H42ClN3O3. The highest BCUT2D eigenvalue weighted by molar-refractivity contribution is 6.33. The molecule has 3 N–H and O–H groups in total. The fourth-order valence-electron chi connectivity index (χ4n) is 6.45. The van der Waals surface area contributed by atoms with Gasteiger partial charge in [0.25, 0.3) is 0 Å². The van der Waals surface area contributed by atoms with Crippen LogP contribution in [0, 0.1) is 18.8 Å². The molecule has 0 radical (unpaired) electrons. The summed E-state index contributed by atoms with van der Waals surface area (Å²) in [5.41, 5.74) is 2.53. The maximum Gasteiger partial charge on any atom is 0.225 e. The largest absolute Gasteiger partial charge is 0.385 e. The van der Waals surface area contributed by atoms with E-state index in [2.05, 4.69) is 16.7 Å². The van der Waals surface area contributed by atoms with Gasteiger partial charge in [0.15, 0.2) is 0 Å². The van der Waals surface area contributed by atoms with Gasteiger partial charge >= 0.3 is 0 Å². The van der Waals surface area contributed by atoms with Crippen molar-refractivity contribution in [2.45, 2.75) is 70.4 Å². The molecule has 1 saturated carbocycles. The number of nitrogens with one attached hydrogen (secondary N) is 2. The number of likely N-dealkylation sites (tertiary alicyclic amines) is 1. The highest BCUT2D eigenvalue weighted by Gasteiger charge is 2.44. The number of benzene rings is 2. The van der Waals surface area contributed by atoms with E-state index in [9.17, 15) is 14.7 Å². The van der Waals surface area contributed by atoms with Crippen LogP contribution in [0.2, 0.25) is 5.02 Å². The highest BCUT2D eigenvalue weighted by Crippen LogP contribution is 2.46. The van der Waals surface area contributed by atoms with Crippen LogP contribution in [0.3, 0.4) is 0 Å². The zero-order valence-electron chi connectivity index (χ0n) is 22.9. The van der Waals surface area contributed by atoms with Crippen molar-refractivity contribution in [1.82, 2.24) is 15.5 Å². The van der Waals surface area contributed by atoms with E-state index < -0.39 is 5.60 Å². The van der Waals surface area contributed by atoms with Crippen molar-refractivity contribution in [2.75, 3.05) is 26.7 Å². The van der Waals surface area contributed by atoms with Gasteiger partial charge in [0.2, 0.25) is 11.8 Å². The maximum absolute atomic E-state index is 13.5. The molecule has 2 aromatic carbocycles. The Labute approximate surface area is 232 Å². The molecule has 7 heteroatoms. The van der Waals surface area contributed by atoms with Crippen LogP contribution in [0.1, 0.15) is 63.0 Å².